The Morgan fingerprint density at radius 1 is 1.04 bits per heavy atom. The smallest absolute Gasteiger partial charge is 0.232 e. The van der Waals surface area contributed by atoms with Crippen molar-refractivity contribution in [2.75, 3.05) is 18.8 Å². The molecule has 1 saturated heterocycles. The molecule has 5 heteroatoms. The highest BCUT2D eigenvalue weighted by Gasteiger charge is 2.15. The molecule has 1 aromatic carbocycles. The van der Waals surface area contributed by atoms with Crippen molar-refractivity contribution in [3.05, 3.63) is 42.7 Å². The SMILES string of the molecule is O=C(CSc1cc(-c2ccccc2)ncn1)N1CCCCCC1. The summed E-state index contributed by atoms with van der Waals surface area (Å²) in [5, 5.41) is 0.849. The van der Waals surface area contributed by atoms with Crippen LogP contribution in [0.1, 0.15) is 25.7 Å². The lowest BCUT2D eigenvalue weighted by Crippen LogP contribution is -2.33. The van der Waals surface area contributed by atoms with Crippen molar-refractivity contribution < 1.29 is 4.79 Å². The van der Waals surface area contributed by atoms with Crippen molar-refractivity contribution in [1.82, 2.24) is 14.9 Å². The third kappa shape index (κ3) is 4.55. The van der Waals surface area contributed by atoms with E-state index in [1.54, 1.807) is 6.33 Å². The Morgan fingerprint density at radius 3 is 2.52 bits per heavy atom. The first kappa shape index (κ1) is 16.0. The zero-order valence-corrected chi connectivity index (χ0v) is 14.0. The molecular formula is C18H21N3OS. The number of hydrogen-bond acceptors (Lipinski definition) is 4. The summed E-state index contributed by atoms with van der Waals surface area (Å²) in [4.78, 5) is 22.9. The molecule has 0 N–H and O–H groups in total. The van der Waals surface area contributed by atoms with Crippen molar-refractivity contribution in [3.63, 3.8) is 0 Å². The standard InChI is InChI=1S/C18H21N3OS/c22-18(21-10-6-1-2-7-11-21)13-23-17-12-16(19-14-20-17)15-8-4-3-5-9-15/h3-5,8-9,12,14H,1-2,6-7,10-11,13H2. The van der Waals surface area contributed by atoms with Gasteiger partial charge >= 0.3 is 0 Å². The van der Waals surface area contributed by atoms with Crippen LogP contribution in [0.2, 0.25) is 0 Å². The van der Waals surface area contributed by atoms with Crippen molar-refractivity contribution in [2.45, 2.75) is 30.7 Å². The fourth-order valence-corrected chi connectivity index (χ4v) is 3.50. The van der Waals surface area contributed by atoms with E-state index in [4.69, 9.17) is 0 Å². The van der Waals surface area contributed by atoms with Crippen LogP contribution in [0.5, 0.6) is 0 Å². The van der Waals surface area contributed by atoms with E-state index < -0.39 is 0 Å². The quantitative estimate of drug-likeness (QED) is 0.635. The molecule has 3 rings (SSSR count). The number of rotatable bonds is 4. The summed E-state index contributed by atoms with van der Waals surface area (Å²) >= 11 is 1.50. The fraction of sp³-hybridized carbons (Fsp3) is 0.389. The number of amides is 1. The van der Waals surface area contributed by atoms with Gasteiger partial charge in [0.15, 0.2) is 0 Å². The van der Waals surface area contributed by atoms with Crippen LogP contribution in [0.3, 0.4) is 0 Å². The van der Waals surface area contributed by atoms with Gasteiger partial charge in [-0.25, -0.2) is 9.97 Å². The first-order valence-corrected chi connectivity index (χ1v) is 9.09. The van der Waals surface area contributed by atoms with Crippen LogP contribution in [-0.2, 0) is 4.79 Å². The predicted molar refractivity (Wildman–Crippen MR) is 93.2 cm³/mol. The second-order valence-electron chi connectivity index (χ2n) is 5.69. The molecular weight excluding hydrogens is 306 g/mol. The van der Waals surface area contributed by atoms with Gasteiger partial charge in [0.25, 0.3) is 0 Å². The number of hydrogen-bond donors (Lipinski definition) is 0. The zero-order chi connectivity index (χ0) is 15.9. The molecule has 1 aromatic heterocycles. The van der Waals surface area contributed by atoms with Crippen LogP contribution in [0.25, 0.3) is 11.3 Å². The molecule has 2 heterocycles. The molecule has 23 heavy (non-hydrogen) atoms. The van der Waals surface area contributed by atoms with Crippen molar-refractivity contribution in [3.8, 4) is 11.3 Å². The van der Waals surface area contributed by atoms with Gasteiger partial charge in [-0.15, -0.1) is 0 Å². The molecule has 4 nitrogen and oxygen atoms in total. The summed E-state index contributed by atoms with van der Waals surface area (Å²) in [6.45, 7) is 1.80. The highest BCUT2D eigenvalue weighted by atomic mass is 32.2. The van der Waals surface area contributed by atoms with Crippen LogP contribution >= 0.6 is 11.8 Å². The summed E-state index contributed by atoms with van der Waals surface area (Å²) in [6, 6.07) is 12.0. The minimum absolute atomic E-state index is 0.219. The van der Waals surface area contributed by atoms with E-state index in [1.165, 1.54) is 24.6 Å². The minimum atomic E-state index is 0.219. The van der Waals surface area contributed by atoms with E-state index in [9.17, 15) is 4.79 Å². The largest absolute Gasteiger partial charge is 0.342 e. The lowest BCUT2D eigenvalue weighted by molar-refractivity contribution is -0.128. The third-order valence-electron chi connectivity index (χ3n) is 4.01. The second-order valence-corrected chi connectivity index (χ2v) is 6.69. The summed E-state index contributed by atoms with van der Waals surface area (Å²) in [5.41, 5.74) is 1.96. The van der Waals surface area contributed by atoms with Crippen LogP contribution in [0.4, 0.5) is 0 Å². The molecule has 1 amide bonds. The molecule has 1 aliphatic rings. The third-order valence-corrected chi connectivity index (χ3v) is 4.92. The Hall–Kier alpha value is -1.88. The van der Waals surface area contributed by atoms with E-state index in [1.807, 2.05) is 41.3 Å². The first-order chi connectivity index (χ1) is 11.3. The molecule has 0 aliphatic carbocycles. The van der Waals surface area contributed by atoms with Crippen molar-refractivity contribution >= 4 is 17.7 Å². The average molecular weight is 327 g/mol. The van der Waals surface area contributed by atoms with Gasteiger partial charge < -0.3 is 4.90 Å². The molecule has 0 bridgehead atoms. The minimum Gasteiger partial charge on any atom is -0.342 e. The number of aromatic nitrogens is 2. The maximum Gasteiger partial charge on any atom is 0.232 e. The maximum atomic E-state index is 12.3. The average Bonchev–Trinajstić information content (AvgIpc) is 2.90. The zero-order valence-electron chi connectivity index (χ0n) is 13.1. The van der Waals surface area contributed by atoms with Gasteiger partial charge in [0, 0.05) is 18.7 Å². The number of benzene rings is 1. The van der Waals surface area contributed by atoms with Crippen molar-refractivity contribution in [2.24, 2.45) is 0 Å². The van der Waals surface area contributed by atoms with Crippen LogP contribution < -0.4 is 0 Å². The normalized spacial score (nSPS) is 15.2. The number of thioether (sulfide) groups is 1. The molecule has 120 valence electrons. The van der Waals surface area contributed by atoms with E-state index in [2.05, 4.69) is 9.97 Å². The number of nitrogens with zero attached hydrogens (tertiary/aromatic N) is 3. The Bertz CT molecular complexity index is 640. The molecule has 0 spiro atoms. The highest BCUT2D eigenvalue weighted by Crippen LogP contribution is 2.22. The van der Waals surface area contributed by atoms with Gasteiger partial charge in [0.05, 0.1) is 11.4 Å². The Morgan fingerprint density at radius 2 is 1.78 bits per heavy atom. The van der Waals surface area contributed by atoms with Crippen molar-refractivity contribution in [1.29, 1.82) is 0 Å². The molecule has 2 aromatic rings. The summed E-state index contributed by atoms with van der Waals surface area (Å²) in [7, 11) is 0. The first-order valence-electron chi connectivity index (χ1n) is 8.11. The monoisotopic (exact) mass is 327 g/mol. The number of likely N-dealkylation sites (tertiary alicyclic amines) is 1. The van der Waals surface area contributed by atoms with Gasteiger partial charge in [-0.3, -0.25) is 4.79 Å². The van der Waals surface area contributed by atoms with Gasteiger partial charge in [0.1, 0.15) is 11.4 Å². The van der Waals surface area contributed by atoms with Crippen LogP contribution in [0.15, 0.2) is 47.8 Å². The Kier molecular flexibility index (Phi) is 5.64. The van der Waals surface area contributed by atoms with E-state index >= 15 is 0 Å². The van der Waals surface area contributed by atoms with Gasteiger partial charge in [-0.1, -0.05) is 54.9 Å². The van der Waals surface area contributed by atoms with Gasteiger partial charge in [0.2, 0.25) is 5.91 Å². The summed E-state index contributed by atoms with van der Waals surface area (Å²) < 4.78 is 0. The molecule has 0 atom stereocenters. The second kappa shape index (κ2) is 8.11. The molecule has 1 aliphatic heterocycles. The summed E-state index contributed by atoms with van der Waals surface area (Å²) in [6.07, 6.45) is 6.30. The number of carbonyl (C=O) groups excluding carboxylic acids is 1. The molecule has 0 saturated carbocycles. The lowest BCUT2D eigenvalue weighted by Gasteiger charge is -2.19. The topological polar surface area (TPSA) is 46.1 Å². The van der Waals surface area contributed by atoms with E-state index in [0.29, 0.717) is 5.75 Å². The van der Waals surface area contributed by atoms with Crippen LogP contribution in [-0.4, -0.2) is 39.6 Å². The molecule has 0 radical (unpaired) electrons. The van der Waals surface area contributed by atoms with E-state index in [0.717, 1.165) is 42.2 Å². The fourth-order valence-electron chi connectivity index (χ4n) is 2.73. The van der Waals surface area contributed by atoms with Gasteiger partial charge in [-0.2, -0.15) is 0 Å². The molecule has 0 unspecified atom stereocenters. The Labute approximate surface area is 141 Å². The number of carbonyl (C=O) groups is 1. The maximum absolute atomic E-state index is 12.3. The highest BCUT2D eigenvalue weighted by molar-refractivity contribution is 7.99. The van der Waals surface area contributed by atoms with Gasteiger partial charge in [-0.05, 0) is 18.9 Å². The Balaban J connectivity index is 1.61. The lowest BCUT2D eigenvalue weighted by atomic mass is 10.1. The summed E-state index contributed by atoms with van der Waals surface area (Å²) in [5.74, 6) is 0.669. The predicted octanol–water partition coefficient (Wildman–Crippen LogP) is 3.64. The van der Waals surface area contributed by atoms with Crippen LogP contribution in [0, 0.1) is 0 Å². The molecule has 1 fully saturated rings. The van der Waals surface area contributed by atoms with E-state index in [-0.39, 0.29) is 5.91 Å².